The highest BCUT2D eigenvalue weighted by Crippen LogP contribution is 2.22. The zero-order valence-electron chi connectivity index (χ0n) is 8.18. The Morgan fingerprint density at radius 1 is 1.38 bits per heavy atom. The topological polar surface area (TPSA) is 50.4 Å². The van der Waals surface area contributed by atoms with E-state index in [-0.39, 0.29) is 5.76 Å². The van der Waals surface area contributed by atoms with Crippen LogP contribution in [0.5, 0.6) is 0 Å². The average Bonchev–Trinajstić information content (AvgIpc) is 2.33. The molecule has 0 atom stereocenters. The molecule has 0 spiro atoms. The third-order valence-corrected chi connectivity index (χ3v) is 2.22. The summed E-state index contributed by atoms with van der Waals surface area (Å²) in [5.41, 5.74) is 1.72. The molecule has 13 heavy (non-hydrogen) atoms. The van der Waals surface area contributed by atoms with Gasteiger partial charge in [-0.05, 0) is 25.8 Å². The molecule has 72 valence electrons. The Kier molecular flexibility index (Phi) is 2.76. The lowest BCUT2D eigenvalue weighted by Gasteiger charge is -1.92. The van der Waals surface area contributed by atoms with Crippen molar-refractivity contribution < 1.29 is 14.3 Å². The van der Waals surface area contributed by atoms with Crippen LogP contribution in [-0.2, 0) is 6.42 Å². The van der Waals surface area contributed by atoms with E-state index in [0.717, 1.165) is 29.7 Å². The van der Waals surface area contributed by atoms with E-state index in [9.17, 15) is 4.79 Å². The number of aromatic carboxylic acids is 1. The van der Waals surface area contributed by atoms with Crippen LogP contribution in [0.1, 0.15) is 40.8 Å². The van der Waals surface area contributed by atoms with E-state index in [4.69, 9.17) is 9.52 Å². The van der Waals surface area contributed by atoms with Crippen LogP contribution in [0.3, 0.4) is 0 Å². The second kappa shape index (κ2) is 3.64. The van der Waals surface area contributed by atoms with Gasteiger partial charge in [-0.15, -0.1) is 0 Å². The minimum atomic E-state index is -0.983. The largest absolute Gasteiger partial charge is 0.475 e. The fourth-order valence-corrected chi connectivity index (χ4v) is 1.33. The highest BCUT2D eigenvalue weighted by atomic mass is 16.4. The first-order valence-corrected chi connectivity index (χ1v) is 4.40. The molecule has 1 N–H and O–H groups in total. The molecule has 3 heteroatoms. The van der Waals surface area contributed by atoms with Crippen molar-refractivity contribution in [3.63, 3.8) is 0 Å². The summed E-state index contributed by atoms with van der Waals surface area (Å²) in [5, 5.41) is 8.78. The number of furan rings is 1. The Hall–Kier alpha value is -1.25. The van der Waals surface area contributed by atoms with Gasteiger partial charge < -0.3 is 9.52 Å². The van der Waals surface area contributed by atoms with Crippen LogP contribution in [0, 0.1) is 13.8 Å². The third-order valence-electron chi connectivity index (χ3n) is 2.22. The van der Waals surface area contributed by atoms with Gasteiger partial charge in [-0.1, -0.05) is 6.92 Å². The van der Waals surface area contributed by atoms with Crippen molar-refractivity contribution in [3.8, 4) is 0 Å². The lowest BCUT2D eigenvalue weighted by atomic mass is 10.1. The SMILES string of the molecule is CCCc1oc(C(=O)O)c(C)c1C. The number of carbonyl (C=O) groups is 1. The van der Waals surface area contributed by atoms with E-state index >= 15 is 0 Å². The molecular formula is C10H14O3. The number of rotatable bonds is 3. The van der Waals surface area contributed by atoms with Crippen LogP contribution >= 0.6 is 0 Å². The van der Waals surface area contributed by atoms with E-state index in [1.54, 1.807) is 6.92 Å². The highest BCUT2D eigenvalue weighted by Gasteiger charge is 2.17. The van der Waals surface area contributed by atoms with Crippen molar-refractivity contribution in [2.45, 2.75) is 33.6 Å². The van der Waals surface area contributed by atoms with Gasteiger partial charge in [0.05, 0.1) is 0 Å². The summed E-state index contributed by atoms with van der Waals surface area (Å²) in [7, 11) is 0. The molecule has 0 saturated heterocycles. The Morgan fingerprint density at radius 3 is 2.38 bits per heavy atom. The number of carboxylic acids is 1. The van der Waals surface area contributed by atoms with Crippen molar-refractivity contribution in [3.05, 3.63) is 22.6 Å². The van der Waals surface area contributed by atoms with E-state index in [1.165, 1.54) is 0 Å². The Bertz CT molecular complexity index is 323. The van der Waals surface area contributed by atoms with Crippen LogP contribution in [0.4, 0.5) is 0 Å². The van der Waals surface area contributed by atoms with E-state index in [2.05, 4.69) is 0 Å². The monoisotopic (exact) mass is 182 g/mol. The zero-order chi connectivity index (χ0) is 10.0. The first kappa shape index (κ1) is 9.84. The lowest BCUT2D eigenvalue weighted by molar-refractivity contribution is 0.0659. The van der Waals surface area contributed by atoms with Crippen molar-refractivity contribution in [2.75, 3.05) is 0 Å². The maximum Gasteiger partial charge on any atom is 0.372 e. The van der Waals surface area contributed by atoms with E-state index in [0.29, 0.717) is 0 Å². The Labute approximate surface area is 77.4 Å². The molecule has 0 aromatic carbocycles. The minimum Gasteiger partial charge on any atom is -0.475 e. The van der Waals surface area contributed by atoms with Crippen LogP contribution < -0.4 is 0 Å². The molecule has 0 unspecified atom stereocenters. The molecule has 0 amide bonds. The maximum absolute atomic E-state index is 10.7. The molecule has 0 aliphatic carbocycles. The number of carboxylic acid groups (broad SMARTS) is 1. The molecule has 0 aliphatic heterocycles. The van der Waals surface area contributed by atoms with E-state index in [1.807, 2.05) is 13.8 Å². The minimum absolute atomic E-state index is 0.0842. The maximum atomic E-state index is 10.7. The first-order chi connectivity index (χ1) is 6.07. The molecule has 0 aliphatic rings. The summed E-state index contributed by atoms with van der Waals surface area (Å²) in [6.45, 7) is 5.72. The molecule has 0 radical (unpaired) electrons. The summed E-state index contributed by atoms with van der Waals surface area (Å²) in [4.78, 5) is 10.7. The average molecular weight is 182 g/mol. The van der Waals surface area contributed by atoms with Gasteiger partial charge in [0.1, 0.15) is 5.76 Å². The molecule has 0 fully saturated rings. The second-order valence-corrected chi connectivity index (χ2v) is 3.16. The summed E-state index contributed by atoms with van der Waals surface area (Å²) in [6, 6.07) is 0. The van der Waals surface area contributed by atoms with Gasteiger partial charge >= 0.3 is 5.97 Å². The van der Waals surface area contributed by atoms with Crippen LogP contribution in [0.25, 0.3) is 0 Å². The quantitative estimate of drug-likeness (QED) is 0.781. The predicted octanol–water partition coefficient (Wildman–Crippen LogP) is 2.55. The smallest absolute Gasteiger partial charge is 0.372 e. The van der Waals surface area contributed by atoms with Gasteiger partial charge in [0.15, 0.2) is 0 Å². The third kappa shape index (κ3) is 1.74. The molecular weight excluding hydrogens is 168 g/mol. The molecule has 1 aromatic rings. The van der Waals surface area contributed by atoms with Crippen molar-refractivity contribution >= 4 is 5.97 Å². The Balaban J connectivity index is 3.12. The molecule has 0 saturated carbocycles. The fraction of sp³-hybridized carbons (Fsp3) is 0.500. The Morgan fingerprint density at radius 2 is 2.00 bits per heavy atom. The predicted molar refractivity (Wildman–Crippen MR) is 49.1 cm³/mol. The van der Waals surface area contributed by atoms with Gasteiger partial charge in [0.2, 0.25) is 5.76 Å². The molecule has 0 bridgehead atoms. The van der Waals surface area contributed by atoms with Gasteiger partial charge in [-0.2, -0.15) is 0 Å². The van der Waals surface area contributed by atoms with Gasteiger partial charge in [0.25, 0.3) is 0 Å². The summed E-state index contributed by atoms with van der Waals surface area (Å²) in [6.07, 6.45) is 1.77. The van der Waals surface area contributed by atoms with Crippen LogP contribution in [-0.4, -0.2) is 11.1 Å². The summed E-state index contributed by atoms with van der Waals surface area (Å²) < 4.78 is 5.25. The van der Waals surface area contributed by atoms with Gasteiger partial charge in [-0.3, -0.25) is 0 Å². The number of hydrogen-bond donors (Lipinski definition) is 1. The normalized spacial score (nSPS) is 10.4. The number of hydrogen-bond acceptors (Lipinski definition) is 2. The van der Waals surface area contributed by atoms with Crippen molar-refractivity contribution in [1.29, 1.82) is 0 Å². The van der Waals surface area contributed by atoms with Gasteiger partial charge in [0, 0.05) is 12.0 Å². The first-order valence-electron chi connectivity index (χ1n) is 4.40. The van der Waals surface area contributed by atoms with Crippen molar-refractivity contribution in [1.82, 2.24) is 0 Å². The summed E-state index contributed by atoms with van der Waals surface area (Å²) >= 11 is 0. The van der Waals surface area contributed by atoms with Crippen LogP contribution in [0.2, 0.25) is 0 Å². The number of aryl methyl sites for hydroxylation is 1. The standard InChI is InChI=1S/C10H14O3/c1-4-5-8-6(2)7(3)9(13-8)10(11)12/h4-5H2,1-3H3,(H,11,12). The highest BCUT2D eigenvalue weighted by molar-refractivity contribution is 5.86. The van der Waals surface area contributed by atoms with E-state index < -0.39 is 5.97 Å². The van der Waals surface area contributed by atoms with Crippen molar-refractivity contribution in [2.24, 2.45) is 0 Å². The zero-order valence-corrected chi connectivity index (χ0v) is 8.18. The fourth-order valence-electron chi connectivity index (χ4n) is 1.33. The molecule has 3 nitrogen and oxygen atoms in total. The lowest BCUT2D eigenvalue weighted by Crippen LogP contribution is -1.95. The molecule has 1 aromatic heterocycles. The molecule has 1 rings (SSSR count). The molecule has 1 heterocycles. The second-order valence-electron chi connectivity index (χ2n) is 3.16. The van der Waals surface area contributed by atoms with Crippen LogP contribution in [0.15, 0.2) is 4.42 Å². The van der Waals surface area contributed by atoms with Gasteiger partial charge in [-0.25, -0.2) is 4.79 Å². The summed E-state index contributed by atoms with van der Waals surface area (Å²) in [5.74, 6) is -0.0960.